The zero-order chi connectivity index (χ0) is 41.4. The molecule has 0 spiro atoms. The minimum absolute atomic E-state index is 0.494. The molecule has 0 saturated heterocycles. The first-order valence-corrected chi connectivity index (χ1v) is 20.8. The molecule has 9 nitrogen and oxygen atoms in total. The second-order valence-corrected chi connectivity index (χ2v) is 15.5. The molecule has 5 heterocycles. The Morgan fingerprint density at radius 1 is 0.302 bits per heavy atom. The molecule has 63 heavy (non-hydrogen) atoms. The summed E-state index contributed by atoms with van der Waals surface area (Å²) in [5.74, 6) is 3.32. The van der Waals surface area contributed by atoms with Crippen LogP contribution in [0.5, 0.6) is 0 Å². The van der Waals surface area contributed by atoms with Crippen molar-refractivity contribution in [1.29, 1.82) is 0 Å². The number of rotatable bonds is 6. The molecule has 0 aliphatic rings. The van der Waals surface area contributed by atoms with Crippen LogP contribution in [0.4, 0.5) is 0 Å². The number of benzene rings is 8. The lowest BCUT2D eigenvalue weighted by Gasteiger charge is -2.12. The van der Waals surface area contributed by atoms with Gasteiger partial charge >= 0.3 is 0 Å². The van der Waals surface area contributed by atoms with Crippen molar-refractivity contribution < 1.29 is 4.42 Å². The number of aromatic nitrogens is 8. The van der Waals surface area contributed by atoms with Crippen LogP contribution in [0, 0.1) is 0 Å². The Balaban J connectivity index is 1.10. The highest BCUT2D eigenvalue weighted by Crippen LogP contribution is 2.42. The van der Waals surface area contributed by atoms with Crippen molar-refractivity contribution >= 4 is 65.6 Å². The van der Waals surface area contributed by atoms with Gasteiger partial charge in [0, 0.05) is 49.2 Å². The van der Waals surface area contributed by atoms with Crippen molar-refractivity contribution in [2.75, 3.05) is 0 Å². The highest BCUT2D eigenvalue weighted by Gasteiger charge is 2.24. The van der Waals surface area contributed by atoms with Crippen LogP contribution < -0.4 is 0 Å². The first-order chi connectivity index (χ1) is 31.2. The quantitative estimate of drug-likeness (QED) is 0.165. The van der Waals surface area contributed by atoms with E-state index in [1.807, 2.05) is 109 Å². The maximum atomic E-state index is 6.50. The van der Waals surface area contributed by atoms with E-state index >= 15 is 0 Å². The first-order valence-electron chi connectivity index (χ1n) is 20.8. The van der Waals surface area contributed by atoms with Gasteiger partial charge in [0.15, 0.2) is 23.3 Å². The van der Waals surface area contributed by atoms with Gasteiger partial charge < -0.3 is 4.42 Å². The fourth-order valence-corrected chi connectivity index (χ4v) is 9.01. The standard InChI is InChI=1S/C54H32N8O/c1-4-16-33(17-5-1)49-55-50(34-18-6-2-7-19-34)59-54(58-49)62-44-30-28-36(32-41(44)39-29-31-46-47(48(39)62)40-24-12-15-27-45(40)63-46)52-56-51(35-20-8-3-9-21-35)57-53(60-52)61-42-25-13-10-22-37(42)38-23-11-14-26-43(38)61/h1-32H. The van der Waals surface area contributed by atoms with E-state index in [1.165, 1.54) is 0 Å². The number of nitrogens with zero attached hydrogens (tertiary/aromatic N) is 8. The van der Waals surface area contributed by atoms with E-state index in [0.717, 1.165) is 87.8 Å². The van der Waals surface area contributed by atoms with E-state index in [9.17, 15) is 0 Å². The largest absolute Gasteiger partial charge is 0.456 e. The molecule has 294 valence electrons. The number of furan rings is 1. The van der Waals surface area contributed by atoms with Crippen molar-refractivity contribution in [2.45, 2.75) is 0 Å². The second-order valence-electron chi connectivity index (χ2n) is 15.5. The topological polar surface area (TPSA) is 100 Å². The van der Waals surface area contributed by atoms with Crippen molar-refractivity contribution in [2.24, 2.45) is 0 Å². The van der Waals surface area contributed by atoms with Crippen molar-refractivity contribution in [3.05, 3.63) is 194 Å². The molecule has 9 heteroatoms. The highest BCUT2D eigenvalue weighted by molar-refractivity contribution is 6.24. The third-order valence-electron chi connectivity index (χ3n) is 11.8. The maximum Gasteiger partial charge on any atom is 0.238 e. The molecule has 8 aromatic carbocycles. The molecule has 0 atom stereocenters. The van der Waals surface area contributed by atoms with E-state index < -0.39 is 0 Å². The molecule has 13 aromatic rings. The molecule has 0 fully saturated rings. The van der Waals surface area contributed by atoms with Crippen LogP contribution in [0.25, 0.3) is 123 Å². The van der Waals surface area contributed by atoms with Crippen molar-refractivity contribution in [1.82, 2.24) is 39.0 Å². The Morgan fingerprint density at radius 3 is 1.33 bits per heavy atom. The predicted octanol–water partition coefficient (Wildman–Crippen LogP) is 12.8. The average molecular weight is 809 g/mol. The summed E-state index contributed by atoms with van der Waals surface area (Å²) in [5.41, 5.74) is 8.98. The van der Waals surface area contributed by atoms with E-state index in [1.54, 1.807) is 0 Å². The molecule has 0 N–H and O–H groups in total. The molecule has 13 rings (SSSR count). The Labute approximate surface area is 359 Å². The summed E-state index contributed by atoms with van der Waals surface area (Å²) in [5, 5.41) is 6.24. The van der Waals surface area contributed by atoms with Crippen LogP contribution >= 0.6 is 0 Å². The van der Waals surface area contributed by atoms with Gasteiger partial charge in [-0.3, -0.25) is 9.13 Å². The monoisotopic (exact) mass is 808 g/mol. The molecule has 0 aliphatic carbocycles. The van der Waals surface area contributed by atoms with Crippen LogP contribution in [0.3, 0.4) is 0 Å². The number of fused-ring (bicyclic) bond motifs is 10. The normalized spacial score (nSPS) is 11.8. The zero-order valence-electron chi connectivity index (χ0n) is 33.5. The van der Waals surface area contributed by atoms with Crippen LogP contribution in [0.1, 0.15) is 0 Å². The molecule has 0 amide bonds. The Morgan fingerprint density at radius 2 is 0.762 bits per heavy atom. The SMILES string of the molecule is c1ccc(-c2nc(-c3ccc4c(c3)c3ccc5oc6ccccc6c5c3n4-c3nc(-c4ccccc4)nc(-c4ccccc4)n3)nc(-n3c4ccccc4c4ccccc43)n2)cc1. The maximum absolute atomic E-state index is 6.50. The van der Waals surface area contributed by atoms with E-state index in [4.69, 9.17) is 34.3 Å². The van der Waals surface area contributed by atoms with Crippen molar-refractivity contribution in [3.63, 3.8) is 0 Å². The predicted molar refractivity (Wildman–Crippen MR) is 251 cm³/mol. The lowest BCUT2D eigenvalue weighted by molar-refractivity contribution is 0.669. The number of hydrogen-bond donors (Lipinski definition) is 0. The summed E-state index contributed by atoms with van der Waals surface area (Å²) in [4.78, 5) is 31.1. The van der Waals surface area contributed by atoms with Crippen LogP contribution in [0.2, 0.25) is 0 Å². The number of hydrogen-bond acceptors (Lipinski definition) is 7. The molecule has 0 saturated carbocycles. The number of para-hydroxylation sites is 3. The molecule has 0 aliphatic heterocycles. The van der Waals surface area contributed by atoms with E-state index in [2.05, 4.69) is 94.1 Å². The Kier molecular flexibility index (Phi) is 7.70. The van der Waals surface area contributed by atoms with Gasteiger partial charge in [0.05, 0.1) is 27.5 Å². The van der Waals surface area contributed by atoms with Gasteiger partial charge in [0.2, 0.25) is 11.9 Å². The van der Waals surface area contributed by atoms with E-state index in [0.29, 0.717) is 35.2 Å². The minimum atomic E-state index is 0.494. The fraction of sp³-hybridized carbons (Fsp3) is 0. The van der Waals surface area contributed by atoms with Gasteiger partial charge in [-0.2, -0.15) is 19.9 Å². The third kappa shape index (κ3) is 5.57. The summed E-state index contributed by atoms with van der Waals surface area (Å²) < 4.78 is 10.8. The highest BCUT2D eigenvalue weighted by atomic mass is 16.3. The third-order valence-corrected chi connectivity index (χ3v) is 11.8. The van der Waals surface area contributed by atoms with Crippen molar-refractivity contribution in [3.8, 4) is 57.4 Å². The molecule has 5 aromatic heterocycles. The molecule has 0 unspecified atom stereocenters. The molecule has 0 radical (unpaired) electrons. The van der Waals surface area contributed by atoms with Crippen LogP contribution in [-0.2, 0) is 0 Å². The van der Waals surface area contributed by atoms with Gasteiger partial charge in [-0.1, -0.05) is 146 Å². The van der Waals surface area contributed by atoms with Gasteiger partial charge in [-0.05, 0) is 48.5 Å². The minimum Gasteiger partial charge on any atom is -0.456 e. The lowest BCUT2D eigenvalue weighted by Crippen LogP contribution is -2.07. The summed E-state index contributed by atoms with van der Waals surface area (Å²) in [6, 6.07) is 65.7. The van der Waals surface area contributed by atoms with Gasteiger partial charge in [-0.25, -0.2) is 9.97 Å². The summed E-state index contributed by atoms with van der Waals surface area (Å²) in [6.45, 7) is 0. The molecule has 0 bridgehead atoms. The summed E-state index contributed by atoms with van der Waals surface area (Å²) in [6.07, 6.45) is 0. The van der Waals surface area contributed by atoms with Crippen LogP contribution in [0.15, 0.2) is 199 Å². The van der Waals surface area contributed by atoms with Gasteiger partial charge in [0.25, 0.3) is 0 Å². The molecular formula is C54H32N8O. The second kappa shape index (κ2) is 13.9. The summed E-state index contributed by atoms with van der Waals surface area (Å²) >= 11 is 0. The van der Waals surface area contributed by atoms with Gasteiger partial charge in [0.1, 0.15) is 11.2 Å². The van der Waals surface area contributed by atoms with Gasteiger partial charge in [-0.15, -0.1) is 0 Å². The molecular weight excluding hydrogens is 777 g/mol. The van der Waals surface area contributed by atoms with Crippen LogP contribution in [-0.4, -0.2) is 39.0 Å². The Hall–Kier alpha value is -8.82. The van der Waals surface area contributed by atoms with E-state index in [-0.39, 0.29) is 0 Å². The lowest BCUT2D eigenvalue weighted by atomic mass is 10.1. The smallest absolute Gasteiger partial charge is 0.238 e. The Bertz CT molecular complexity index is 3800. The fourth-order valence-electron chi connectivity index (χ4n) is 9.01. The first kappa shape index (κ1) is 35.0. The summed E-state index contributed by atoms with van der Waals surface area (Å²) in [7, 11) is 0. The average Bonchev–Trinajstić information content (AvgIpc) is 4.02. The zero-order valence-corrected chi connectivity index (χ0v) is 33.5.